The van der Waals surface area contributed by atoms with Crippen molar-refractivity contribution in [1.82, 2.24) is 0 Å². The second-order valence-electron chi connectivity index (χ2n) is 10.1. The van der Waals surface area contributed by atoms with E-state index in [4.69, 9.17) is 0 Å². The number of unbranched alkanes of at least 4 members (excludes halogenated alkanes) is 2. The monoisotopic (exact) mass is 460 g/mol. The fourth-order valence-corrected chi connectivity index (χ4v) is 5.58. The first-order valence-electron chi connectivity index (χ1n) is 13.1. The quantitative estimate of drug-likeness (QED) is 0.232. The molecular weight excluding hydrogens is 422 g/mol. The van der Waals surface area contributed by atoms with E-state index in [1.807, 2.05) is 18.2 Å². The second kappa shape index (κ2) is 11.3. The molecule has 0 radical (unpaired) electrons. The van der Waals surface area contributed by atoms with Crippen LogP contribution in [0.25, 0.3) is 10.8 Å². The van der Waals surface area contributed by atoms with E-state index in [-0.39, 0.29) is 5.92 Å². The lowest BCUT2D eigenvalue weighted by Gasteiger charge is -2.27. The third-order valence-electron chi connectivity index (χ3n) is 7.81. The van der Waals surface area contributed by atoms with Crippen LogP contribution in [-0.2, 0) is 6.42 Å². The van der Waals surface area contributed by atoms with Gasteiger partial charge in [-0.05, 0) is 97.1 Å². The van der Waals surface area contributed by atoms with Crippen LogP contribution < -0.4 is 0 Å². The van der Waals surface area contributed by atoms with Gasteiger partial charge in [0.1, 0.15) is 0 Å². The third-order valence-corrected chi connectivity index (χ3v) is 7.81. The largest absolute Gasteiger partial charge is 0.203 e. The molecule has 1 atom stereocenters. The molecule has 3 aromatic rings. The first-order valence-corrected chi connectivity index (χ1v) is 13.1. The smallest absolute Gasteiger partial charge is 0.166 e. The predicted molar refractivity (Wildman–Crippen MR) is 141 cm³/mol. The minimum atomic E-state index is -0.707. The summed E-state index contributed by atoms with van der Waals surface area (Å²) in [6, 6.07) is 16.7. The molecule has 34 heavy (non-hydrogen) atoms. The maximum atomic E-state index is 15.0. The average Bonchev–Trinajstić information content (AvgIpc) is 2.87. The highest BCUT2D eigenvalue weighted by atomic mass is 19.2. The van der Waals surface area contributed by atoms with Crippen molar-refractivity contribution in [3.63, 3.8) is 0 Å². The molecule has 0 nitrogen and oxygen atoms in total. The lowest BCUT2D eigenvalue weighted by Crippen LogP contribution is -2.11. The zero-order chi connectivity index (χ0) is 24.1. The highest BCUT2D eigenvalue weighted by Gasteiger charge is 2.21. The fourth-order valence-electron chi connectivity index (χ4n) is 5.58. The van der Waals surface area contributed by atoms with Crippen molar-refractivity contribution in [2.75, 3.05) is 0 Å². The molecule has 0 bridgehead atoms. The molecule has 180 valence electrons. The van der Waals surface area contributed by atoms with E-state index in [1.165, 1.54) is 36.8 Å². The molecule has 0 saturated heterocycles. The maximum Gasteiger partial charge on any atom is 0.166 e. The van der Waals surface area contributed by atoms with Gasteiger partial charge in [0, 0.05) is 11.3 Å². The summed E-state index contributed by atoms with van der Waals surface area (Å²) in [6.07, 6.45) is 13.2. The summed E-state index contributed by atoms with van der Waals surface area (Å²) in [7, 11) is 0. The predicted octanol–water partition coefficient (Wildman–Crippen LogP) is 9.85. The summed E-state index contributed by atoms with van der Waals surface area (Å²) >= 11 is 0. The highest BCUT2D eigenvalue weighted by molar-refractivity contribution is 5.85. The van der Waals surface area contributed by atoms with E-state index in [0.29, 0.717) is 23.3 Å². The Labute approximate surface area is 204 Å². The lowest BCUT2D eigenvalue weighted by atomic mass is 9.78. The van der Waals surface area contributed by atoms with Gasteiger partial charge in [-0.3, -0.25) is 0 Å². The van der Waals surface area contributed by atoms with E-state index in [1.54, 1.807) is 0 Å². The Morgan fingerprint density at radius 1 is 0.882 bits per heavy atom. The van der Waals surface area contributed by atoms with E-state index in [2.05, 4.69) is 63.3 Å². The Morgan fingerprint density at radius 2 is 1.59 bits per heavy atom. The second-order valence-corrected chi connectivity index (χ2v) is 10.1. The summed E-state index contributed by atoms with van der Waals surface area (Å²) < 4.78 is 29.7. The van der Waals surface area contributed by atoms with Gasteiger partial charge in [-0.15, -0.1) is 0 Å². The molecule has 0 aromatic heterocycles. The van der Waals surface area contributed by atoms with Crippen LogP contribution in [0.5, 0.6) is 0 Å². The van der Waals surface area contributed by atoms with Crippen LogP contribution >= 0.6 is 0 Å². The maximum absolute atomic E-state index is 15.0. The first-order chi connectivity index (χ1) is 16.5. The number of fused-ring (bicyclic) bond motifs is 1. The SMILES string of the molecule is C/C=C/C1CCC(c2ccc(C(C)c3ccc4cc(CCCCC)c(F)c(F)c4c3)cc2)CC1. The number of hydrogen-bond donors (Lipinski definition) is 0. The third kappa shape index (κ3) is 5.43. The van der Waals surface area contributed by atoms with Gasteiger partial charge in [-0.25, -0.2) is 8.78 Å². The molecule has 0 N–H and O–H groups in total. The van der Waals surface area contributed by atoms with Gasteiger partial charge < -0.3 is 0 Å². The molecule has 0 amide bonds. The molecule has 0 heterocycles. The summed E-state index contributed by atoms with van der Waals surface area (Å²) in [4.78, 5) is 0. The fraction of sp³-hybridized carbons (Fsp3) is 0.438. The summed E-state index contributed by atoms with van der Waals surface area (Å²) in [5.41, 5.74) is 4.15. The van der Waals surface area contributed by atoms with E-state index < -0.39 is 11.6 Å². The van der Waals surface area contributed by atoms with Crippen molar-refractivity contribution in [3.05, 3.63) is 94.6 Å². The van der Waals surface area contributed by atoms with Crippen LogP contribution in [-0.4, -0.2) is 0 Å². The number of hydrogen-bond acceptors (Lipinski definition) is 0. The van der Waals surface area contributed by atoms with Crippen LogP contribution in [0, 0.1) is 17.6 Å². The molecule has 0 aliphatic heterocycles. The molecule has 1 saturated carbocycles. The number of rotatable bonds is 8. The van der Waals surface area contributed by atoms with Gasteiger partial charge in [-0.2, -0.15) is 0 Å². The van der Waals surface area contributed by atoms with Crippen LogP contribution in [0.15, 0.2) is 60.7 Å². The van der Waals surface area contributed by atoms with Gasteiger partial charge in [-0.1, -0.05) is 75.2 Å². The Kier molecular flexibility index (Phi) is 8.19. The molecule has 0 spiro atoms. The molecule has 1 aliphatic carbocycles. The average molecular weight is 461 g/mol. The molecule has 3 aromatic carbocycles. The van der Waals surface area contributed by atoms with Crippen LogP contribution in [0.3, 0.4) is 0 Å². The number of benzene rings is 3. The first kappa shape index (κ1) is 24.6. The van der Waals surface area contributed by atoms with Crippen molar-refractivity contribution >= 4 is 10.8 Å². The zero-order valence-electron chi connectivity index (χ0n) is 20.9. The van der Waals surface area contributed by atoms with Gasteiger partial charge in [0.05, 0.1) is 0 Å². The molecular formula is C32H38F2. The number of halogens is 2. The van der Waals surface area contributed by atoms with Crippen LogP contribution in [0.2, 0.25) is 0 Å². The van der Waals surface area contributed by atoms with Gasteiger partial charge in [0.25, 0.3) is 0 Å². The topological polar surface area (TPSA) is 0 Å². The van der Waals surface area contributed by atoms with Crippen molar-refractivity contribution in [2.45, 2.75) is 84.0 Å². The molecule has 2 heteroatoms. The summed E-state index contributed by atoms with van der Waals surface area (Å²) in [6.45, 7) is 6.37. The molecule has 4 rings (SSSR count). The molecule has 1 aliphatic rings. The Morgan fingerprint density at radius 3 is 2.26 bits per heavy atom. The van der Waals surface area contributed by atoms with Gasteiger partial charge in [0.2, 0.25) is 0 Å². The summed E-state index contributed by atoms with van der Waals surface area (Å²) in [5, 5.41) is 1.17. The van der Waals surface area contributed by atoms with Gasteiger partial charge >= 0.3 is 0 Å². The van der Waals surface area contributed by atoms with Crippen LogP contribution in [0.4, 0.5) is 8.78 Å². The van der Waals surface area contributed by atoms with E-state index in [9.17, 15) is 8.78 Å². The minimum absolute atomic E-state index is 0.121. The Bertz CT molecular complexity index is 1120. The van der Waals surface area contributed by atoms with Crippen molar-refractivity contribution in [1.29, 1.82) is 0 Å². The minimum Gasteiger partial charge on any atom is -0.203 e. The van der Waals surface area contributed by atoms with Crippen molar-refractivity contribution < 1.29 is 8.78 Å². The lowest BCUT2D eigenvalue weighted by molar-refractivity contribution is 0.375. The normalized spacial score (nSPS) is 19.7. The summed E-state index contributed by atoms with van der Waals surface area (Å²) in [5.74, 6) is 0.126. The van der Waals surface area contributed by atoms with Crippen molar-refractivity contribution in [2.24, 2.45) is 5.92 Å². The number of aryl methyl sites for hydroxylation is 1. The zero-order valence-corrected chi connectivity index (χ0v) is 20.9. The van der Waals surface area contributed by atoms with Crippen molar-refractivity contribution in [3.8, 4) is 0 Å². The van der Waals surface area contributed by atoms with Gasteiger partial charge in [0.15, 0.2) is 11.6 Å². The van der Waals surface area contributed by atoms with E-state index >= 15 is 0 Å². The Hall–Kier alpha value is -2.48. The van der Waals surface area contributed by atoms with Crippen LogP contribution in [0.1, 0.15) is 99.8 Å². The molecule has 1 fully saturated rings. The highest BCUT2D eigenvalue weighted by Crippen LogP contribution is 2.37. The Balaban J connectivity index is 1.50. The van der Waals surface area contributed by atoms with E-state index in [0.717, 1.165) is 36.1 Å². The number of allylic oxidation sites excluding steroid dienone is 2. The molecule has 1 unspecified atom stereocenters. The standard InChI is InChI=1S/C32H38F2/c1-4-6-7-9-29-20-28-19-18-27(21-30(28)32(34)31(29)33)22(3)24-14-16-26(17-15-24)25-12-10-23(8-5-2)11-13-25/h5,8,14-23,25H,4,6-7,9-13H2,1-3H3/b8-5+.